The van der Waals surface area contributed by atoms with Gasteiger partial charge in [0.05, 0.1) is 18.9 Å². The number of nitrogen functional groups attached to an aromatic ring is 1. The molecule has 1 aliphatic rings. The van der Waals surface area contributed by atoms with Crippen LogP contribution in [0.1, 0.15) is 44.6 Å². The molecule has 0 radical (unpaired) electrons. The summed E-state index contributed by atoms with van der Waals surface area (Å²) in [4.78, 5) is 40.8. The zero-order chi connectivity index (χ0) is 26.5. The van der Waals surface area contributed by atoms with E-state index in [1.54, 1.807) is 48.5 Å². The number of carbonyl (C=O) groups is 3. The first-order valence-corrected chi connectivity index (χ1v) is 12.6. The Bertz CT molecular complexity index is 1280. The standard InChI is InChI=1S/C25H26ClN5O5S/c1-35-17-10-8-16(9-11-17)31(25(34)22-19(27)20(23(28)32)30-37-22)21(14-4-6-15(26)7-5-14)24(33)29-13-18-3-2-12-36-18/h4-11,18,21H,2-3,12-13,27H2,1H3,(H2,28,32)(H,29,33). The molecule has 3 amide bonds. The number of nitrogens with zero attached hydrogens (tertiary/aromatic N) is 2. The fraction of sp³-hybridized carbons (Fsp3) is 0.280. The smallest absolute Gasteiger partial charge is 0.273 e. The van der Waals surface area contributed by atoms with Gasteiger partial charge in [-0.2, -0.15) is 4.37 Å². The minimum Gasteiger partial charge on any atom is -0.497 e. The summed E-state index contributed by atoms with van der Waals surface area (Å²) >= 11 is 6.85. The third-order valence-corrected chi connectivity index (χ3v) is 7.05. The van der Waals surface area contributed by atoms with E-state index in [9.17, 15) is 14.4 Å². The maximum atomic E-state index is 14.0. The van der Waals surface area contributed by atoms with Crippen LogP contribution < -0.4 is 26.4 Å². The maximum Gasteiger partial charge on any atom is 0.273 e. The SMILES string of the molecule is COc1ccc(N(C(=O)c2snc(C(N)=O)c2N)C(C(=O)NCC2CCCO2)c2ccc(Cl)cc2)cc1. The Kier molecular flexibility index (Phi) is 8.27. The van der Waals surface area contributed by atoms with Crippen molar-refractivity contribution in [3.63, 3.8) is 0 Å². The van der Waals surface area contributed by atoms with Crippen LogP contribution in [-0.4, -0.2) is 48.5 Å². The summed E-state index contributed by atoms with van der Waals surface area (Å²) in [5.41, 5.74) is 12.0. The van der Waals surface area contributed by atoms with Gasteiger partial charge in [-0.3, -0.25) is 19.3 Å². The molecule has 2 unspecified atom stereocenters. The topological polar surface area (TPSA) is 150 Å². The molecule has 0 bridgehead atoms. The normalized spacial score (nSPS) is 15.7. The summed E-state index contributed by atoms with van der Waals surface area (Å²) in [6, 6.07) is 12.2. The number of hydrogen-bond acceptors (Lipinski definition) is 8. The lowest BCUT2D eigenvalue weighted by molar-refractivity contribution is -0.123. The van der Waals surface area contributed by atoms with E-state index in [1.807, 2.05) is 0 Å². The number of rotatable bonds is 9. The van der Waals surface area contributed by atoms with Crippen LogP contribution in [-0.2, 0) is 9.53 Å². The molecule has 0 spiro atoms. The van der Waals surface area contributed by atoms with Crippen molar-refractivity contribution in [1.29, 1.82) is 0 Å². The first-order valence-electron chi connectivity index (χ1n) is 11.5. The van der Waals surface area contributed by atoms with Crippen LogP contribution >= 0.6 is 23.1 Å². The molecular formula is C25H26ClN5O5S. The summed E-state index contributed by atoms with van der Waals surface area (Å²) < 4.78 is 14.8. The molecule has 2 atom stereocenters. The number of halogens is 1. The molecule has 2 aromatic carbocycles. The zero-order valence-electron chi connectivity index (χ0n) is 20.0. The Balaban J connectivity index is 1.80. The fourth-order valence-corrected chi connectivity index (χ4v) is 4.91. The Morgan fingerprint density at radius 3 is 2.49 bits per heavy atom. The van der Waals surface area contributed by atoms with Gasteiger partial charge in [0.2, 0.25) is 5.91 Å². The summed E-state index contributed by atoms with van der Waals surface area (Å²) in [6.45, 7) is 0.937. The van der Waals surface area contributed by atoms with Crippen molar-refractivity contribution >= 4 is 52.2 Å². The second kappa shape index (κ2) is 11.6. The highest BCUT2D eigenvalue weighted by Crippen LogP contribution is 2.34. The van der Waals surface area contributed by atoms with Crippen LogP contribution in [0.4, 0.5) is 11.4 Å². The van der Waals surface area contributed by atoms with Gasteiger partial charge in [0, 0.05) is 23.9 Å². The summed E-state index contributed by atoms with van der Waals surface area (Å²) in [5, 5.41) is 3.40. The van der Waals surface area contributed by atoms with E-state index in [2.05, 4.69) is 9.69 Å². The molecule has 3 aromatic rings. The van der Waals surface area contributed by atoms with E-state index in [0.29, 0.717) is 35.2 Å². The summed E-state index contributed by atoms with van der Waals surface area (Å²) in [7, 11) is 1.52. The van der Waals surface area contributed by atoms with Gasteiger partial charge in [0.1, 0.15) is 16.7 Å². The molecule has 0 saturated carbocycles. The van der Waals surface area contributed by atoms with Crippen LogP contribution in [0.3, 0.4) is 0 Å². The molecule has 1 aromatic heterocycles. The van der Waals surface area contributed by atoms with Gasteiger partial charge in [-0.05, 0) is 66.3 Å². The number of nitrogens with one attached hydrogen (secondary N) is 1. The Labute approximate surface area is 222 Å². The lowest BCUT2D eigenvalue weighted by Crippen LogP contribution is -2.45. The van der Waals surface area contributed by atoms with Crippen LogP contribution in [0.25, 0.3) is 0 Å². The Hall–Kier alpha value is -3.67. The molecule has 4 rings (SSSR count). The maximum absolute atomic E-state index is 14.0. The van der Waals surface area contributed by atoms with Crippen molar-refractivity contribution in [2.24, 2.45) is 5.73 Å². The number of ether oxygens (including phenoxy) is 2. The van der Waals surface area contributed by atoms with Crippen LogP contribution in [0.2, 0.25) is 5.02 Å². The summed E-state index contributed by atoms with van der Waals surface area (Å²) in [6.07, 6.45) is 1.65. The van der Waals surface area contributed by atoms with E-state index < -0.39 is 23.8 Å². The molecule has 10 nitrogen and oxygen atoms in total. The Morgan fingerprint density at radius 1 is 1.22 bits per heavy atom. The number of aromatic nitrogens is 1. The van der Waals surface area contributed by atoms with Crippen molar-refractivity contribution < 1.29 is 23.9 Å². The van der Waals surface area contributed by atoms with Gasteiger partial charge in [-0.1, -0.05) is 23.7 Å². The van der Waals surface area contributed by atoms with Gasteiger partial charge >= 0.3 is 0 Å². The Morgan fingerprint density at radius 2 is 1.92 bits per heavy atom. The molecular weight excluding hydrogens is 518 g/mol. The second-order valence-electron chi connectivity index (χ2n) is 8.35. The summed E-state index contributed by atoms with van der Waals surface area (Å²) in [5.74, 6) is -1.34. The number of amides is 3. The number of carbonyl (C=O) groups excluding carboxylic acids is 3. The second-order valence-corrected chi connectivity index (χ2v) is 9.56. The first kappa shape index (κ1) is 26.4. The first-order chi connectivity index (χ1) is 17.8. The predicted molar refractivity (Wildman–Crippen MR) is 141 cm³/mol. The van der Waals surface area contributed by atoms with E-state index in [-0.39, 0.29) is 22.4 Å². The number of methoxy groups -OCH3 is 1. The van der Waals surface area contributed by atoms with E-state index in [1.165, 1.54) is 12.0 Å². The minimum absolute atomic E-state index is 0.0180. The molecule has 1 saturated heterocycles. The third-order valence-electron chi connectivity index (χ3n) is 5.95. The number of primary amides is 1. The van der Waals surface area contributed by atoms with Crippen molar-refractivity contribution in [3.8, 4) is 5.75 Å². The number of benzene rings is 2. The fourth-order valence-electron chi connectivity index (χ4n) is 4.04. The highest BCUT2D eigenvalue weighted by Gasteiger charge is 2.36. The van der Waals surface area contributed by atoms with Crippen molar-refractivity contribution in [2.45, 2.75) is 25.0 Å². The number of anilines is 2. The molecule has 12 heteroatoms. The molecule has 1 aliphatic heterocycles. The van der Waals surface area contributed by atoms with Crippen molar-refractivity contribution in [3.05, 3.63) is 69.7 Å². The van der Waals surface area contributed by atoms with E-state index >= 15 is 0 Å². The number of nitrogens with two attached hydrogens (primary N) is 2. The van der Waals surface area contributed by atoms with Crippen LogP contribution in [0, 0.1) is 0 Å². The lowest BCUT2D eigenvalue weighted by Gasteiger charge is -2.31. The van der Waals surface area contributed by atoms with Crippen molar-refractivity contribution in [1.82, 2.24) is 9.69 Å². The highest BCUT2D eigenvalue weighted by atomic mass is 35.5. The van der Waals surface area contributed by atoms with Gasteiger partial charge in [0.25, 0.3) is 11.8 Å². The van der Waals surface area contributed by atoms with Crippen LogP contribution in [0.15, 0.2) is 48.5 Å². The quantitative estimate of drug-likeness (QED) is 0.375. The average Bonchev–Trinajstić information content (AvgIpc) is 3.56. The molecule has 0 aliphatic carbocycles. The third kappa shape index (κ3) is 5.85. The lowest BCUT2D eigenvalue weighted by atomic mass is 10.0. The van der Waals surface area contributed by atoms with E-state index in [4.69, 9.17) is 32.5 Å². The van der Waals surface area contributed by atoms with Gasteiger partial charge in [-0.15, -0.1) is 0 Å². The average molecular weight is 544 g/mol. The molecule has 5 N–H and O–H groups in total. The van der Waals surface area contributed by atoms with Crippen LogP contribution in [0.5, 0.6) is 5.75 Å². The molecule has 194 valence electrons. The van der Waals surface area contributed by atoms with Crippen molar-refractivity contribution in [2.75, 3.05) is 30.9 Å². The minimum atomic E-state index is -1.11. The predicted octanol–water partition coefficient (Wildman–Crippen LogP) is 3.17. The number of hydrogen-bond donors (Lipinski definition) is 3. The zero-order valence-corrected chi connectivity index (χ0v) is 21.6. The molecule has 1 fully saturated rings. The van der Waals surface area contributed by atoms with Gasteiger partial charge in [-0.25, -0.2) is 0 Å². The van der Waals surface area contributed by atoms with Gasteiger partial charge < -0.3 is 26.3 Å². The largest absolute Gasteiger partial charge is 0.497 e. The molecule has 2 heterocycles. The highest BCUT2D eigenvalue weighted by molar-refractivity contribution is 7.09. The monoisotopic (exact) mass is 543 g/mol. The van der Waals surface area contributed by atoms with E-state index in [0.717, 1.165) is 24.4 Å². The van der Waals surface area contributed by atoms with Gasteiger partial charge in [0.15, 0.2) is 5.69 Å². The molecule has 37 heavy (non-hydrogen) atoms.